The maximum Gasteiger partial charge on any atom is 0.323 e. The van der Waals surface area contributed by atoms with Gasteiger partial charge in [0, 0.05) is 23.1 Å². The van der Waals surface area contributed by atoms with E-state index in [0.717, 1.165) is 17.1 Å². The minimum Gasteiger partial charge on any atom is -0.468 e. The molecule has 1 aromatic rings. The molecule has 1 saturated heterocycles. The van der Waals surface area contributed by atoms with Crippen molar-refractivity contribution in [3.8, 4) is 0 Å². The van der Waals surface area contributed by atoms with Crippen LogP contribution in [0.25, 0.3) is 0 Å². The van der Waals surface area contributed by atoms with Crippen LogP contribution in [0.4, 0.5) is 0 Å². The topological polar surface area (TPSA) is 38.3 Å². The van der Waals surface area contributed by atoms with Gasteiger partial charge in [-0.25, -0.2) is 0 Å². The summed E-state index contributed by atoms with van der Waals surface area (Å²) in [6, 6.07) is 1.62. The molecular formula is C10H11Cl2NO2S2. The maximum atomic E-state index is 11.5. The zero-order chi connectivity index (χ0) is 12.4. The number of rotatable bonds is 2. The van der Waals surface area contributed by atoms with E-state index in [9.17, 15) is 4.79 Å². The van der Waals surface area contributed by atoms with Crippen LogP contribution in [-0.4, -0.2) is 30.6 Å². The second kappa shape index (κ2) is 5.80. The number of thiophene rings is 1. The highest BCUT2D eigenvalue weighted by molar-refractivity contribution is 7.99. The van der Waals surface area contributed by atoms with Crippen LogP contribution >= 0.6 is 46.3 Å². The van der Waals surface area contributed by atoms with Crippen molar-refractivity contribution in [3.05, 3.63) is 20.3 Å². The average Bonchev–Trinajstić information content (AvgIpc) is 2.67. The van der Waals surface area contributed by atoms with E-state index in [-0.39, 0.29) is 18.1 Å². The number of thioether (sulfide) groups is 1. The lowest BCUT2D eigenvalue weighted by Crippen LogP contribution is -2.45. The molecule has 3 nitrogen and oxygen atoms in total. The summed E-state index contributed by atoms with van der Waals surface area (Å²) in [5.41, 5.74) is 0.961. The Hall–Kier alpha value is 0.0600. The molecule has 0 saturated carbocycles. The molecule has 0 amide bonds. The van der Waals surface area contributed by atoms with Crippen LogP contribution in [-0.2, 0) is 9.53 Å². The maximum absolute atomic E-state index is 11.5. The summed E-state index contributed by atoms with van der Waals surface area (Å²) in [6.45, 7) is 0. The highest BCUT2D eigenvalue weighted by Gasteiger charge is 2.29. The first-order valence-electron chi connectivity index (χ1n) is 4.98. The van der Waals surface area contributed by atoms with Crippen LogP contribution in [0.3, 0.4) is 0 Å². The van der Waals surface area contributed by atoms with Crippen molar-refractivity contribution in [2.45, 2.75) is 12.1 Å². The van der Waals surface area contributed by atoms with Crippen molar-refractivity contribution >= 4 is 52.3 Å². The van der Waals surface area contributed by atoms with Gasteiger partial charge in [-0.15, -0.1) is 11.3 Å². The molecule has 0 spiro atoms. The molecule has 0 bridgehead atoms. The monoisotopic (exact) mass is 311 g/mol. The van der Waals surface area contributed by atoms with Gasteiger partial charge >= 0.3 is 5.97 Å². The molecule has 2 unspecified atom stereocenters. The van der Waals surface area contributed by atoms with Crippen molar-refractivity contribution in [1.29, 1.82) is 0 Å². The van der Waals surface area contributed by atoms with Crippen LogP contribution < -0.4 is 5.32 Å². The number of ether oxygens (including phenoxy) is 1. The highest BCUT2D eigenvalue weighted by atomic mass is 35.5. The van der Waals surface area contributed by atoms with E-state index in [1.165, 1.54) is 18.4 Å². The number of methoxy groups -OCH3 is 1. The van der Waals surface area contributed by atoms with E-state index >= 15 is 0 Å². The zero-order valence-corrected chi connectivity index (χ0v) is 12.2. The fourth-order valence-corrected chi connectivity index (χ4v) is 4.39. The summed E-state index contributed by atoms with van der Waals surface area (Å²) in [4.78, 5) is 11.5. The summed E-state index contributed by atoms with van der Waals surface area (Å²) in [7, 11) is 1.40. The molecule has 1 fully saturated rings. The molecule has 7 heteroatoms. The number of nitrogens with one attached hydrogen (secondary N) is 1. The molecule has 0 aliphatic carbocycles. The Morgan fingerprint density at radius 1 is 1.53 bits per heavy atom. The van der Waals surface area contributed by atoms with E-state index in [0.29, 0.717) is 8.67 Å². The number of hydrogen-bond acceptors (Lipinski definition) is 5. The molecule has 94 valence electrons. The molecule has 1 aliphatic rings. The van der Waals surface area contributed by atoms with Gasteiger partial charge in [0.05, 0.1) is 15.8 Å². The molecule has 1 N–H and O–H groups in total. The van der Waals surface area contributed by atoms with Gasteiger partial charge in [-0.3, -0.25) is 10.1 Å². The Kier molecular flexibility index (Phi) is 4.60. The molecule has 1 aliphatic heterocycles. The third-order valence-corrected chi connectivity index (χ3v) is 5.17. The molecule has 2 rings (SSSR count). The Labute approximate surface area is 118 Å². The largest absolute Gasteiger partial charge is 0.468 e. The van der Waals surface area contributed by atoms with Crippen LogP contribution in [0.15, 0.2) is 6.07 Å². The van der Waals surface area contributed by atoms with E-state index < -0.39 is 0 Å². The number of hydrogen-bond donors (Lipinski definition) is 1. The first-order valence-corrected chi connectivity index (χ1v) is 7.71. The first kappa shape index (κ1) is 13.5. The fourth-order valence-electron chi connectivity index (χ4n) is 1.69. The smallest absolute Gasteiger partial charge is 0.323 e. The van der Waals surface area contributed by atoms with Crippen molar-refractivity contribution < 1.29 is 9.53 Å². The van der Waals surface area contributed by atoms with Gasteiger partial charge in [-0.2, -0.15) is 11.8 Å². The number of carbonyl (C=O) groups is 1. The summed E-state index contributed by atoms with van der Waals surface area (Å²) in [6.07, 6.45) is 0. The molecular weight excluding hydrogens is 301 g/mol. The Morgan fingerprint density at radius 2 is 2.29 bits per heavy atom. The van der Waals surface area contributed by atoms with Crippen LogP contribution in [0.2, 0.25) is 8.67 Å². The minimum atomic E-state index is -0.279. The van der Waals surface area contributed by atoms with Gasteiger partial charge in [0.2, 0.25) is 0 Å². The minimum absolute atomic E-state index is 0.0501. The molecule has 0 radical (unpaired) electrons. The predicted octanol–water partition coefficient (Wildman–Crippen LogP) is 2.97. The molecule has 1 aromatic heterocycles. The second-order valence-electron chi connectivity index (χ2n) is 3.61. The third kappa shape index (κ3) is 3.09. The van der Waals surface area contributed by atoms with Gasteiger partial charge in [0.1, 0.15) is 6.04 Å². The quantitative estimate of drug-likeness (QED) is 0.852. The fraction of sp³-hybridized carbons (Fsp3) is 0.500. The molecule has 2 atom stereocenters. The zero-order valence-electron chi connectivity index (χ0n) is 9.04. The van der Waals surface area contributed by atoms with Crippen molar-refractivity contribution in [2.24, 2.45) is 0 Å². The first-order chi connectivity index (χ1) is 8.11. The Bertz CT molecular complexity index is 424. The van der Waals surface area contributed by atoms with Gasteiger partial charge in [-0.1, -0.05) is 23.2 Å². The molecule has 2 heterocycles. The van der Waals surface area contributed by atoms with Gasteiger partial charge in [0.25, 0.3) is 0 Å². The van der Waals surface area contributed by atoms with Crippen molar-refractivity contribution in [2.75, 3.05) is 18.6 Å². The van der Waals surface area contributed by atoms with E-state index in [2.05, 4.69) is 5.32 Å². The summed E-state index contributed by atoms with van der Waals surface area (Å²) in [5.74, 6) is 1.36. The Balaban J connectivity index is 2.12. The molecule has 17 heavy (non-hydrogen) atoms. The highest BCUT2D eigenvalue weighted by Crippen LogP contribution is 2.37. The van der Waals surface area contributed by atoms with Crippen molar-refractivity contribution in [1.82, 2.24) is 5.32 Å². The summed E-state index contributed by atoms with van der Waals surface area (Å²) < 4.78 is 6.08. The van der Waals surface area contributed by atoms with Crippen LogP contribution in [0, 0.1) is 0 Å². The average molecular weight is 312 g/mol. The van der Waals surface area contributed by atoms with Crippen LogP contribution in [0.1, 0.15) is 11.6 Å². The van der Waals surface area contributed by atoms with E-state index in [1.54, 1.807) is 11.8 Å². The lowest BCUT2D eigenvalue weighted by atomic mass is 10.1. The van der Waals surface area contributed by atoms with E-state index in [4.69, 9.17) is 27.9 Å². The predicted molar refractivity (Wildman–Crippen MR) is 73.3 cm³/mol. The van der Waals surface area contributed by atoms with Crippen LogP contribution in [0.5, 0.6) is 0 Å². The van der Waals surface area contributed by atoms with Gasteiger partial charge in [-0.05, 0) is 6.07 Å². The third-order valence-electron chi connectivity index (χ3n) is 2.52. The second-order valence-corrected chi connectivity index (χ2v) is 6.97. The van der Waals surface area contributed by atoms with Gasteiger partial charge in [0.15, 0.2) is 0 Å². The number of esters is 1. The summed E-state index contributed by atoms with van der Waals surface area (Å²) in [5, 5.41) is 3.24. The SMILES string of the molecule is COC(=O)C1CSCC(c2cc(Cl)sc2Cl)N1. The number of halogens is 2. The van der Waals surface area contributed by atoms with Gasteiger partial charge < -0.3 is 4.74 Å². The molecule has 0 aromatic carbocycles. The number of carbonyl (C=O) groups excluding carboxylic acids is 1. The van der Waals surface area contributed by atoms with E-state index in [1.807, 2.05) is 6.07 Å². The Morgan fingerprint density at radius 3 is 2.88 bits per heavy atom. The normalized spacial score (nSPS) is 24.6. The summed E-state index contributed by atoms with van der Waals surface area (Å²) >= 11 is 15.1. The standard InChI is InChI=1S/C10H11Cl2NO2S2/c1-15-10(14)7-4-16-3-6(13-7)5-2-8(11)17-9(5)12/h2,6-7,13H,3-4H2,1H3. The van der Waals surface area contributed by atoms with Crippen molar-refractivity contribution in [3.63, 3.8) is 0 Å². The lowest BCUT2D eigenvalue weighted by Gasteiger charge is -2.28. The lowest BCUT2D eigenvalue weighted by molar-refractivity contribution is -0.142.